The minimum Gasteiger partial charge on any atom is -0.475 e. The Labute approximate surface area is 125 Å². The first kappa shape index (κ1) is 15.3. The summed E-state index contributed by atoms with van der Waals surface area (Å²) in [5, 5.41) is 7.77. The summed E-state index contributed by atoms with van der Waals surface area (Å²) in [6, 6.07) is 3.97. The van der Waals surface area contributed by atoms with Gasteiger partial charge in [-0.1, -0.05) is 0 Å². The van der Waals surface area contributed by atoms with Crippen molar-refractivity contribution in [2.45, 2.75) is 19.9 Å². The number of pyridine rings is 1. The molecule has 6 nitrogen and oxygen atoms in total. The predicted molar refractivity (Wildman–Crippen MR) is 81.6 cm³/mol. The molecule has 1 unspecified atom stereocenters. The fourth-order valence-electron chi connectivity index (χ4n) is 2.15. The van der Waals surface area contributed by atoms with Crippen LogP contribution < -0.4 is 10.1 Å². The molecule has 2 aromatic heterocycles. The molecule has 0 saturated heterocycles. The van der Waals surface area contributed by atoms with Crippen LogP contribution in [-0.4, -0.2) is 35.1 Å². The average molecular weight is 290 g/mol. The molecule has 21 heavy (non-hydrogen) atoms. The van der Waals surface area contributed by atoms with Gasteiger partial charge in [0.2, 0.25) is 5.88 Å². The van der Waals surface area contributed by atoms with Crippen molar-refractivity contribution in [1.82, 2.24) is 14.8 Å². The Bertz CT molecular complexity index is 566. The van der Waals surface area contributed by atoms with Gasteiger partial charge < -0.3 is 14.8 Å². The lowest BCUT2D eigenvalue weighted by atomic mass is 10.1. The van der Waals surface area contributed by atoms with Crippen LogP contribution in [0.3, 0.4) is 0 Å². The van der Waals surface area contributed by atoms with Gasteiger partial charge in [-0.25, -0.2) is 4.98 Å². The van der Waals surface area contributed by atoms with E-state index in [1.54, 1.807) is 13.3 Å². The van der Waals surface area contributed by atoms with E-state index in [0.29, 0.717) is 19.1 Å². The minimum absolute atomic E-state index is 0.167. The number of ether oxygens (including phenoxy) is 2. The molecule has 114 valence electrons. The molecule has 2 aromatic rings. The third-order valence-electron chi connectivity index (χ3n) is 3.17. The first-order valence-electron chi connectivity index (χ1n) is 6.94. The highest BCUT2D eigenvalue weighted by Gasteiger charge is 2.11. The number of hydrogen-bond acceptors (Lipinski definition) is 5. The molecule has 0 radical (unpaired) electrons. The minimum atomic E-state index is 0.167. The quantitative estimate of drug-likeness (QED) is 0.793. The Balaban J connectivity index is 1.95. The summed E-state index contributed by atoms with van der Waals surface area (Å²) in [7, 11) is 3.57. The molecule has 0 aromatic carbocycles. The van der Waals surface area contributed by atoms with E-state index in [1.807, 2.05) is 37.0 Å². The van der Waals surface area contributed by atoms with Crippen molar-refractivity contribution >= 4 is 5.69 Å². The molecule has 1 atom stereocenters. The molecule has 2 heterocycles. The van der Waals surface area contributed by atoms with Crippen LogP contribution in [0.1, 0.15) is 24.2 Å². The number of aromatic nitrogens is 3. The molecular weight excluding hydrogens is 268 g/mol. The van der Waals surface area contributed by atoms with E-state index in [-0.39, 0.29) is 6.04 Å². The van der Waals surface area contributed by atoms with E-state index in [1.165, 1.54) is 5.56 Å². The van der Waals surface area contributed by atoms with E-state index in [9.17, 15) is 0 Å². The highest BCUT2D eigenvalue weighted by molar-refractivity contribution is 5.44. The Morgan fingerprint density at radius 2 is 2.14 bits per heavy atom. The second-order valence-corrected chi connectivity index (χ2v) is 4.94. The van der Waals surface area contributed by atoms with Gasteiger partial charge in [0.1, 0.15) is 6.61 Å². The fraction of sp³-hybridized carbons (Fsp3) is 0.467. The van der Waals surface area contributed by atoms with E-state index >= 15 is 0 Å². The zero-order valence-corrected chi connectivity index (χ0v) is 13.0. The zero-order chi connectivity index (χ0) is 15.2. The van der Waals surface area contributed by atoms with Crippen molar-refractivity contribution < 1.29 is 9.47 Å². The molecule has 0 amide bonds. The molecule has 2 rings (SSSR count). The predicted octanol–water partition coefficient (Wildman–Crippen LogP) is 2.32. The van der Waals surface area contributed by atoms with Gasteiger partial charge in [0.15, 0.2) is 0 Å². The highest BCUT2D eigenvalue weighted by Crippen LogP contribution is 2.21. The third kappa shape index (κ3) is 4.19. The van der Waals surface area contributed by atoms with E-state index in [4.69, 9.17) is 9.47 Å². The number of anilines is 1. The van der Waals surface area contributed by atoms with Crippen LogP contribution in [0.15, 0.2) is 24.5 Å². The van der Waals surface area contributed by atoms with Gasteiger partial charge in [-0.05, 0) is 19.9 Å². The molecule has 0 spiro atoms. The second-order valence-electron chi connectivity index (χ2n) is 4.94. The Morgan fingerprint density at radius 3 is 2.71 bits per heavy atom. The van der Waals surface area contributed by atoms with Crippen molar-refractivity contribution in [1.29, 1.82) is 0 Å². The van der Waals surface area contributed by atoms with Crippen LogP contribution in [0.5, 0.6) is 5.88 Å². The maximum absolute atomic E-state index is 5.44. The van der Waals surface area contributed by atoms with Gasteiger partial charge >= 0.3 is 0 Å². The van der Waals surface area contributed by atoms with Crippen molar-refractivity contribution in [3.63, 3.8) is 0 Å². The molecule has 1 N–H and O–H groups in total. The van der Waals surface area contributed by atoms with Crippen LogP contribution in [0.2, 0.25) is 0 Å². The normalized spacial score (nSPS) is 12.2. The zero-order valence-electron chi connectivity index (χ0n) is 13.0. The Hall–Kier alpha value is -2.08. The molecule has 6 heteroatoms. The lowest BCUT2D eigenvalue weighted by Crippen LogP contribution is -2.08. The molecule has 0 saturated carbocycles. The first-order chi connectivity index (χ1) is 10.1. The maximum Gasteiger partial charge on any atom is 0.213 e. The number of nitrogens with one attached hydrogen (secondary N) is 1. The summed E-state index contributed by atoms with van der Waals surface area (Å²) in [6.07, 6.45) is 3.80. The monoisotopic (exact) mass is 290 g/mol. The Kier molecular flexibility index (Phi) is 5.16. The summed E-state index contributed by atoms with van der Waals surface area (Å²) in [5.74, 6) is 0.600. The van der Waals surface area contributed by atoms with E-state index in [2.05, 4.69) is 22.3 Å². The maximum atomic E-state index is 5.44. The lowest BCUT2D eigenvalue weighted by molar-refractivity contribution is 0.144. The molecule has 0 aliphatic rings. The van der Waals surface area contributed by atoms with Gasteiger partial charge in [-0.2, -0.15) is 5.10 Å². The number of methoxy groups -OCH3 is 1. The first-order valence-corrected chi connectivity index (χ1v) is 6.94. The largest absolute Gasteiger partial charge is 0.475 e. The van der Waals surface area contributed by atoms with E-state index in [0.717, 1.165) is 11.4 Å². The summed E-state index contributed by atoms with van der Waals surface area (Å²) >= 11 is 0. The summed E-state index contributed by atoms with van der Waals surface area (Å²) < 4.78 is 12.2. The molecular formula is C15H22N4O2. The molecule has 0 bridgehead atoms. The van der Waals surface area contributed by atoms with Gasteiger partial charge in [-0.3, -0.25) is 4.68 Å². The standard InChI is InChI=1S/C15H22N4O2/c1-11(14-10-19(3)18-12(14)2)17-13-5-6-15(16-9-13)21-8-7-20-4/h5-6,9-11,17H,7-8H2,1-4H3. The SMILES string of the molecule is COCCOc1ccc(NC(C)c2cn(C)nc2C)cn1. The number of nitrogens with zero attached hydrogens (tertiary/aromatic N) is 3. The van der Waals surface area contributed by atoms with Gasteiger partial charge in [0.05, 0.1) is 30.2 Å². The van der Waals surface area contributed by atoms with Crippen molar-refractivity contribution in [3.05, 3.63) is 35.8 Å². The average Bonchev–Trinajstić information content (AvgIpc) is 2.80. The van der Waals surface area contributed by atoms with Crippen LogP contribution in [-0.2, 0) is 11.8 Å². The van der Waals surface area contributed by atoms with Gasteiger partial charge in [0, 0.05) is 32.0 Å². The lowest BCUT2D eigenvalue weighted by Gasteiger charge is -2.14. The topological polar surface area (TPSA) is 61.2 Å². The smallest absolute Gasteiger partial charge is 0.213 e. The number of aryl methyl sites for hydroxylation is 2. The van der Waals surface area contributed by atoms with Crippen LogP contribution in [0.4, 0.5) is 5.69 Å². The van der Waals surface area contributed by atoms with Crippen molar-refractivity contribution in [2.75, 3.05) is 25.6 Å². The van der Waals surface area contributed by atoms with Crippen molar-refractivity contribution in [3.8, 4) is 5.88 Å². The fourth-order valence-corrected chi connectivity index (χ4v) is 2.15. The van der Waals surface area contributed by atoms with Crippen LogP contribution in [0.25, 0.3) is 0 Å². The molecule has 0 aliphatic carbocycles. The highest BCUT2D eigenvalue weighted by atomic mass is 16.5. The van der Waals surface area contributed by atoms with Crippen LogP contribution >= 0.6 is 0 Å². The summed E-state index contributed by atoms with van der Waals surface area (Å²) in [6.45, 7) is 5.17. The summed E-state index contributed by atoms with van der Waals surface area (Å²) in [5.41, 5.74) is 3.16. The second kappa shape index (κ2) is 7.08. The molecule has 0 fully saturated rings. The van der Waals surface area contributed by atoms with Crippen LogP contribution in [0, 0.1) is 6.92 Å². The number of rotatable bonds is 7. The molecule has 0 aliphatic heterocycles. The van der Waals surface area contributed by atoms with Gasteiger partial charge in [0.25, 0.3) is 0 Å². The Morgan fingerprint density at radius 1 is 1.33 bits per heavy atom. The van der Waals surface area contributed by atoms with Crippen molar-refractivity contribution in [2.24, 2.45) is 7.05 Å². The third-order valence-corrected chi connectivity index (χ3v) is 3.17. The van der Waals surface area contributed by atoms with E-state index < -0.39 is 0 Å². The summed E-state index contributed by atoms with van der Waals surface area (Å²) in [4.78, 5) is 4.26. The number of hydrogen-bond donors (Lipinski definition) is 1. The van der Waals surface area contributed by atoms with Gasteiger partial charge in [-0.15, -0.1) is 0 Å².